The molecule has 1 aliphatic carbocycles. The van der Waals surface area contributed by atoms with Crippen molar-refractivity contribution in [3.05, 3.63) is 76.9 Å². The number of halogens is 2. The van der Waals surface area contributed by atoms with E-state index in [1.807, 2.05) is 0 Å². The summed E-state index contributed by atoms with van der Waals surface area (Å²) in [5.74, 6) is -0.390. The highest BCUT2D eigenvalue weighted by Crippen LogP contribution is 2.36. The monoisotopic (exact) mass is 412 g/mol. The number of allylic oxidation sites excluding steroid dienone is 2. The van der Waals surface area contributed by atoms with E-state index in [0.29, 0.717) is 30.4 Å². The summed E-state index contributed by atoms with van der Waals surface area (Å²) in [7, 11) is 0. The Morgan fingerprint density at radius 1 is 0.900 bits per heavy atom. The van der Waals surface area contributed by atoms with E-state index in [9.17, 15) is 8.78 Å². The van der Waals surface area contributed by atoms with Crippen LogP contribution in [0.3, 0.4) is 0 Å². The molecule has 0 bridgehead atoms. The van der Waals surface area contributed by atoms with Gasteiger partial charge in [-0.1, -0.05) is 55.8 Å². The van der Waals surface area contributed by atoms with Crippen LogP contribution >= 0.6 is 0 Å². The minimum atomic E-state index is -0.876. The Labute approximate surface area is 180 Å². The third-order valence-corrected chi connectivity index (χ3v) is 6.18. The van der Waals surface area contributed by atoms with Crippen LogP contribution in [0.2, 0.25) is 0 Å². The van der Waals surface area contributed by atoms with Gasteiger partial charge in [0.1, 0.15) is 0 Å². The molecule has 30 heavy (non-hydrogen) atoms. The van der Waals surface area contributed by atoms with Crippen LogP contribution in [0.4, 0.5) is 8.78 Å². The van der Waals surface area contributed by atoms with Crippen LogP contribution in [0.5, 0.6) is 5.75 Å². The second-order valence-corrected chi connectivity index (χ2v) is 8.35. The maximum Gasteiger partial charge on any atom is 0.200 e. The van der Waals surface area contributed by atoms with Gasteiger partial charge in [0.15, 0.2) is 11.6 Å². The van der Waals surface area contributed by atoms with Crippen LogP contribution < -0.4 is 4.74 Å². The first kappa shape index (κ1) is 22.5. The van der Waals surface area contributed by atoms with Crippen LogP contribution in [-0.2, 0) is 12.8 Å². The van der Waals surface area contributed by atoms with E-state index in [1.54, 1.807) is 13.0 Å². The quantitative estimate of drug-likeness (QED) is 0.382. The van der Waals surface area contributed by atoms with E-state index in [2.05, 4.69) is 43.3 Å². The Kier molecular flexibility index (Phi) is 8.48. The third-order valence-electron chi connectivity index (χ3n) is 6.18. The first-order valence-corrected chi connectivity index (χ1v) is 11.5. The zero-order valence-corrected chi connectivity index (χ0v) is 18.3. The smallest absolute Gasteiger partial charge is 0.200 e. The van der Waals surface area contributed by atoms with E-state index in [4.69, 9.17) is 4.74 Å². The van der Waals surface area contributed by atoms with E-state index < -0.39 is 11.6 Å². The van der Waals surface area contributed by atoms with Gasteiger partial charge in [-0.3, -0.25) is 0 Å². The second-order valence-electron chi connectivity index (χ2n) is 8.35. The van der Waals surface area contributed by atoms with Gasteiger partial charge in [-0.05, 0) is 86.5 Å². The van der Waals surface area contributed by atoms with Crippen LogP contribution in [0.25, 0.3) is 0 Å². The van der Waals surface area contributed by atoms with Gasteiger partial charge in [0, 0.05) is 0 Å². The van der Waals surface area contributed by atoms with Gasteiger partial charge in [-0.2, -0.15) is 4.39 Å². The standard InChI is InChI=1S/C27H34F2O/c1-3-7-20-10-14-22(15-11-20)23-16-12-21(13-17-23)8-5-6-9-24-18-19-25(30-4-2)27(29)26(24)28/h5,8,10-11,14-15,18-19,21,23H,3-4,6-7,9,12-13,16-17H2,1-2H3/t21-,23-. The Bertz CT molecular complexity index is 818. The average molecular weight is 413 g/mol. The molecule has 0 saturated heterocycles. The van der Waals surface area contributed by atoms with Crippen LogP contribution in [-0.4, -0.2) is 6.61 Å². The van der Waals surface area contributed by atoms with Gasteiger partial charge in [-0.25, -0.2) is 4.39 Å². The maximum atomic E-state index is 14.2. The normalized spacial score (nSPS) is 19.3. The van der Waals surface area contributed by atoms with Crippen molar-refractivity contribution in [1.29, 1.82) is 0 Å². The molecule has 0 radical (unpaired) electrons. The first-order chi connectivity index (χ1) is 14.6. The van der Waals surface area contributed by atoms with E-state index in [1.165, 1.54) is 49.3 Å². The first-order valence-electron chi connectivity index (χ1n) is 11.5. The summed E-state index contributed by atoms with van der Waals surface area (Å²) >= 11 is 0. The van der Waals surface area contributed by atoms with Crippen LogP contribution in [0.15, 0.2) is 48.6 Å². The molecule has 0 heterocycles. The molecule has 1 nitrogen and oxygen atoms in total. The van der Waals surface area contributed by atoms with Gasteiger partial charge >= 0.3 is 0 Å². The fourth-order valence-electron chi connectivity index (χ4n) is 4.45. The molecule has 0 atom stereocenters. The molecule has 3 heteroatoms. The van der Waals surface area contributed by atoms with Crippen molar-refractivity contribution < 1.29 is 13.5 Å². The molecule has 1 aliphatic rings. The Morgan fingerprint density at radius 3 is 2.30 bits per heavy atom. The van der Waals surface area contributed by atoms with Crippen molar-refractivity contribution >= 4 is 0 Å². The Morgan fingerprint density at radius 2 is 1.63 bits per heavy atom. The minimum Gasteiger partial charge on any atom is -0.491 e. The molecule has 0 aliphatic heterocycles. The predicted molar refractivity (Wildman–Crippen MR) is 120 cm³/mol. The van der Waals surface area contributed by atoms with Crippen molar-refractivity contribution in [1.82, 2.24) is 0 Å². The molecule has 3 rings (SSSR count). The SMILES string of the molecule is CCCc1ccc([C@H]2CC[C@H](C=CCCc3ccc(OCC)c(F)c3F)CC2)cc1. The summed E-state index contributed by atoms with van der Waals surface area (Å²) < 4.78 is 33.2. The van der Waals surface area contributed by atoms with Gasteiger partial charge in [0.05, 0.1) is 6.61 Å². The number of hydrogen-bond donors (Lipinski definition) is 0. The molecule has 2 aromatic carbocycles. The van der Waals surface area contributed by atoms with E-state index >= 15 is 0 Å². The lowest BCUT2D eigenvalue weighted by molar-refractivity contribution is 0.313. The molecule has 0 spiro atoms. The molecule has 0 N–H and O–H groups in total. The van der Waals surface area contributed by atoms with Crippen LogP contribution in [0.1, 0.15) is 75.0 Å². The number of aryl methyl sites for hydroxylation is 2. The summed E-state index contributed by atoms with van der Waals surface area (Å²) in [4.78, 5) is 0. The highest BCUT2D eigenvalue weighted by Gasteiger charge is 2.20. The molecule has 0 amide bonds. The fourth-order valence-corrected chi connectivity index (χ4v) is 4.45. The number of ether oxygens (including phenoxy) is 1. The summed E-state index contributed by atoms with van der Waals surface area (Å²) in [6, 6.07) is 12.4. The van der Waals surface area contributed by atoms with Crippen LogP contribution in [0, 0.1) is 17.6 Å². The minimum absolute atomic E-state index is 0.00828. The molecule has 2 aromatic rings. The van der Waals surface area contributed by atoms with E-state index in [0.717, 1.165) is 12.8 Å². The summed E-state index contributed by atoms with van der Waals surface area (Å²) in [6.45, 7) is 4.30. The maximum absolute atomic E-state index is 14.2. The van der Waals surface area contributed by atoms with Crippen molar-refractivity contribution in [2.24, 2.45) is 5.92 Å². The van der Waals surface area contributed by atoms with Crippen molar-refractivity contribution in [3.63, 3.8) is 0 Å². The zero-order valence-electron chi connectivity index (χ0n) is 18.3. The highest BCUT2D eigenvalue weighted by molar-refractivity contribution is 5.31. The molecule has 162 valence electrons. The highest BCUT2D eigenvalue weighted by atomic mass is 19.2. The van der Waals surface area contributed by atoms with Gasteiger partial charge in [0.25, 0.3) is 0 Å². The molecule has 0 aromatic heterocycles. The largest absolute Gasteiger partial charge is 0.491 e. The lowest BCUT2D eigenvalue weighted by Gasteiger charge is -2.27. The third kappa shape index (κ3) is 5.93. The van der Waals surface area contributed by atoms with Crippen molar-refractivity contribution in [3.8, 4) is 5.75 Å². The molecular weight excluding hydrogens is 378 g/mol. The lowest BCUT2D eigenvalue weighted by Crippen LogP contribution is -2.11. The molecule has 1 saturated carbocycles. The molecule has 1 fully saturated rings. The van der Waals surface area contributed by atoms with Crippen molar-refractivity contribution in [2.45, 2.75) is 71.1 Å². The number of hydrogen-bond acceptors (Lipinski definition) is 1. The van der Waals surface area contributed by atoms with E-state index in [-0.39, 0.29) is 5.75 Å². The number of benzene rings is 2. The summed E-state index contributed by atoms with van der Waals surface area (Å²) in [6.07, 6.45) is 12.8. The van der Waals surface area contributed by atoms with Crippen molar-refractivity contribution in [2.75, 3.05) is 6.61 Å². The van der Waals surface area contributed by atoms with Gasteiger partial charge < -0.3 is 4.74 Å². The predicted octanol–water partition coefficient (Wildman–Crippen LogP) is 7.78. The second kappa shape index (κ2) is 11.3. The Balaban J connectivity index is 1.44. The zero-order chi connectivity index (χ0) is 21.3. The lowest BCUT2D eigenvalue weighted by atomic mass is 9.78. The number of rotatable bonds is 9. The molecular formula is C27H34F2O. The summed E-state index contributed by atoms with van der Waals surface area (Å²) in [5.41, 5.74) is 3.32. The Hall–Kier alpha value is -2.16. The topological polar surface area (TPSA) is 9.23 Å². The molecule has 0 unspecified atom stereocenters. The summed E-state index contributed by atoms with van der Waals surface area (Å²) in [5, 5.41) is 0. The van der Waals surface area contributed by atoms with Gasteiger partial charge in [0.2, 0.25) is 5.82 Å². The average Bonchev–Trinajstić information content (AvgIpc) is 2.77. The van der Waals surface area contributed by atoms with Gasteiger partial charge in [-0.15, -0.1) is 0 Å². The fraction of sp³-hybridized carbons (Fsp3) is 0.481.